The summed E-state index contributed by atoms with van der Waals surface area (Å²) in [4.78, 5) is 26.9. The van der Waals surface area contributed by atoms with Gasteiger partial charge in [0.15, 0.2) is 16.6 Å². The molecule has 5 nitrogen and oxygen atoms in total. The second-order valence-electron chi connectivity index (χ2n) is 5.42. The van der Waals surface area contributed by atoms with Crippen LogP contribution in [0.4, 0.5) is 5.13 Å². The average molecular weight is 296 g/mol. The summed E-state index contributed by atoms with van der Waals surface area (Å²) in [5.74, 6) is -0.856. The minimum Gasteiger partial charge on any atom is -0.476 e. The number of aromatic carboxylic acids is 1. The maximum atomic E-state index is 11.5. The molecule has 20 heavy (non-hydrogen) atoms. The zero-order valence-electron chi connectivity index (χ0n) is 11.8. The van der Waals surface area contributed by atoms with Crippen LogP contribution in [0, 0.1) is 5.92 Å². The summed E-state index contributed by atoms with van der Waals surface area (Å²) in [5, 5.41) is 13.0. The van der Waals surface area contributed by atoms with Crippen LogP contribution in [-0.4, -0.2) is 27.9 Å². The van der Waals surface area contributed by atoms with Crippen molar-refractivity contribution in [2.24, 2.45) is 5.92 Å². The van der Waals surface area contributed by atoms with Crippen LogP contribution in [0.5, 0.6) is 0 Å². The zero-order chi connectivity index (χ0) is 14.7. The molecular formula is C14H20N2O3S. The highest BCUT2D eigenvalue weighted by Crippen LogP contribution is 2.29. The van der Waals surface area contributed by atoms with Gasteiger partial charge in [0.25, 0.3) is 0 Å². The molecule has 1 fully saturated rings. The SMILES string of the molecule is CC(=O)c1sc(NC2CCCCCC2C)nc1C(=O)O. The van der Waals surface area contributed by atoms with E-state index >= 15 is 0 Å². The third-order valence-electron chi connectivity index (χ3n) is 3.82. The molecule has 110 valence electrons. The zero-order valence-corrected chi connectivity index (χ0v) is 12.6. The van der Waals surface area contributed by atoms with Crippen molar-refractivity contribution in [2.45, 2.75) is 52.0 Å². The number of nitrogens with one attached hydrogen (secondary N) is 1. The third kappa shape index (κ3) is 3.36. The number of Topliss-reactive ketones (excluding diaryl/α,β-unsaturated/α-hetero) is 1. The number of rotatable bonds is 4. The number of carboxylic acid groups (broad SMARTS) is 1. The molecule has 6 heteroatoms. The van der Waals surface area contributed by atoms with E-state index in [-0.39, 0.29) is 16.4 Å². The van der Waals surface area contributed by atoms with E-state index in [9.17, 15) is 9.59 Å². The average Bonchev–Trinajstić information content (AvgIpc) is 2.71. The summed E-state index contributed by atoms with van der Waals surface area (Å²) in [5.41, 5.74) is -0.133. The van der Waals surface area contributed by atoms with Gasteiger partial charge in [-0.3, -0.25) is 4.79 Å². The summed E-state index contributed by atoms with van der Waals surface area (Å²) in [6.07, 6.45) is 5.92. The van der Waals surface area contributed by atoms with Gasteiger partial charge in [-0.2, -0.15) is 0 Å². The minimum atomic E-state index is -1.14. The quantitative estimate of drug-likeness (QED) is 0.657. The molecule has 1 aromatic rings. The number of aromatic nitrogens is 1. The Balaban J connectivity index is 2.18. The fourth-order valence-corrected chi connectivity index (χ4v) is 3.55. The van der Waals surface area contributed by atoms with Crippen LogP contribution in [0.3, 0.4) is 0 Å². The van der Waals surface area contributed by atoms with E-state index in [1.807, 2.05) is 0 Å². The van der Waals surface area contributed by atoms with Gasteiger partial charge >= 0.3 is 5.97 Å². The Morgan fingerprint density at radius 3 is 2.60 bits per heavy atom. The first-order chi connectivity index (χ1) is 9.49. The van der Waals surface area contributed by atoms with Gasteiger partial charge in [0, 0.05) is 13.0 Å². The van der Waals surface area contributed by atoms with Crippen LogP contribution in [-0.2, 0) is 0 Å². The molecule has 2 atom stereocenters. The Labute approximate surface area is 122 Å². The second kappa shape index (κ2) is 6.35. The number of carbonyl (C=O) groups is 2. The van der Waals surface area contributed by atoms with E-state index in [2.05, 4.69) is 17.2 Å². The van der Waals surface area contributed by atoms with Crippen LogP contribution < -0.4 is 5.32 Å². The number of hydrogen-bond donors (Lipinski definition) is 2. The standard InChI is InChI=1S/C14H20N2O3S/c1-8-6-4-3-5-7-10(8)15-14-16-11(13(18)19)12(20-14)9(2)17/h8,10H,3-7H2,1-2H3,(H,15,16)(H,18,19). The normalized spacial score (nSPS) is 23.1. The van der Waals surface area contributed by atoms with Crippen LogP contribution in [0.25, 0.3) is 0 Å². The van der Waals surface area contributed by atoms with Crippen molar-refractivity contribution < 1.29 is 14.7 Å². The lowest BCUT2D eigenvalue weighted by Gasteiger charge is -2.22. The van der Waals surface area contributed by atoms with Gasteiger partial charge < -0.3 is 10.4 Å². The highest BCUT2D eigenvalue weighted by Gasteiger charge is 2.24. The topological polar surface area (TPSA) is 79.3 Å². The van der Waals surface area contributed by atoms with E-state index in [1.54, 1.807) is 0 Å². The molecule has 0 amide bonds. The molecule has 0 bridgehead atoms. The van der Waals surface area contributed by atoms with E-state index < -0.39 is 5.97 Å². The van der Waals surface area contributed by atoms with Crippen molar-refractivity contribution >= 4 is 28.2 Å². The Kier molecular flexibility index (Phi) is 4.75. The largest absolute Gasteiger partial charge is 0.476 e. The number of anilines is 1. The van der Waals surface area contributed by atoms with Gasteiger partial charge in [-0.25, -0.2) is 9.78 Å². The lowest BCUT2D eigenvalue weighted by Crippen LogP contribution is -2.26. The molecule has 0 radical (unpaired) electrons. The fourth-order valence-electron chi connectivity index (χ4n) is 2.63. The van der Waals surface area contributed by atoms with Gasteiger partial charge in [0.1, 0.15) is 4.88 Å². The van der Waals surface area contributed by atoms with Crippen LogP contribution in [0.2, 0.25) is 0 Å². The Hall–Kier alpha value is -1.43. The van der Waals surface area contributed by atoms with Gasteiger partial charge in [-0.1, -0.05) is 37.5 Å². The first-order valence-corrected chi connectivity index (χ1v) is 7.82. The summed E-state index contributed by atoms with van der Waals surface area (Å²) < 4.78 is 0. The second-order valence-corrected chi connectivity index (χ2v) is 6.42. The van der Waals surface area contributed by atoms with E-state index in [0.717, 1.165) is 17.8 Å². The van der Waals surface area contributed by atoms with Crippen molar-refractivity contribution in [3.8, 4) is 0 Å². The Morgan fingerprint density at radius 2 is 2.00 bits per heavy atom. The molecule has 0 spiro atoms. The summed E-state index contributed by atoms with van der Waals surface area (Å²) in [7, 11) is 0. The van der Waals surface area contributed by atoms with Crippen molar-refractivity contribution in [3.63, 3.8) is 0 Å². The van der Waals surface area contributed by atoms with Crippen molar-refractivity contribution in [1.29, 1.82) is 0 Å². The molecule has 1 aliphatic rings. The van der Waals surface area contributed by atoms with E-state index in [4.69, 9.17) is 5.11 Å². The number of carboxylic acids is 1. The first kappa shape index (κ1) is 15.0. The Morgan fingerprint density at radius 1 is 1.30 bits per heavy atom. The predicted octanol–water partition coefficient (Wildman–Crippen LogP) is 3.42. The van der Waals surface area contributed by atoms with Gasteiger partial charge in [0.2, 0.25) is 0 Å². The molecule has 2 unspecified atom stereocenters. The molecule has 1 aliphatic carbocycles. The van der Waals surface area contributed by atoms with Crippen LogP contribution >= 0.6 is 11.3 Å². The van der Waals surface area contributed by atoms with Gasteiger partial charge in [-0.05, 0) is 18.8 Å². The lowest BCUT2D eigenvalue weighted by atomic mass is 9.97. The highest BCUT2D eigenvalue weighted by molar-refractivity contribution is 7.17. The van der Waals surface area contributed by atoms with E-state index in [0.29, 0.717) is 17.1 Å². The number of thiazole rings is 1. The van der Waals surface area contributed by atoms with Crippen molar-refractivity contribution in [3.05, 3.63) is 10.6 Å². The van der Waals surface area contributed by atoms with Gasteiger partial charge in [0.05, 0.1) is 0 Å². The molecule has 1 saturated carbocycles. The maximum Gasteiger partial charge on any atom is 0.356 e. The monoisotopic (exact) mass is 296 g/mol. The van der Waals surface area contributed by atoms with Crippen molar-refractivity contribution in [2.75, 3.05) is 5.32 Å². The summed E-state index contributed by atoms with van der Waals surface area (Å²) >= 11 is 1.15. The number of carbonyl (C=O) groups excluding carboxylic acids is 1. The number of nitrogens with zero attached hydrogens (tertiary/aromatic N) is 1. The molecule has 0 aliphatic heterocycles. The van der Waals surface area contributed by atoms with E-state index in [1.165, 1.54) is 32.6 Å². The lowest BCUT2D eigenvalue weighted by molar-refractivity contribution is 0.0687. The molecule has 0 saturated heterocycles. The first-order valence-electron chi connectivity index (χ1n) is 7.00. The number of ketones is 1. The smallest absolute Gasteiger partial charge is 0.356 e. The Bertz CT molecular complexity index is 481. The summed E-state index contributed by atoms with van der Waals surface area (Å²) in [6.45, 7) is 3.58. The van der Waals surface area contributed by atoms with Gasteiger partial charge in [-0.15, -0.1) is 0 Å². The minimum absolute atomic E-state index is 0.133. The maximum absolute atomic E-state index is 11.5. The number of hydrogen-bond acceptors (Lipinski definition) is 5. The third-order valence-corrected chi connectivity index (χ3v) is 4.91. The highest BCUT2D eigenvalue weighted by atomic mass is 32.1. The fraction of sp³-hybridized carbons (Fsp3) is 0.643. The molecule has 2 rings (SSSR count). The summed E-state index contributed by atoms with van der Waals surface area (Å²) in [6, 6.07) is 0.310. The molecule has 1 aromatic heterocycles. The van der Waals surface area contributed by atoms with Crippen molar-refractivity contribution in [1.82, 2.24) is 4.98 Å². The van der Waals surface area contributed by atoms with Crippen LogP contribution in [0.1, 0.15) is 66.1 Å². The molecule has 0 aromatic carbocycles. The molecule has 1 heterocycles. The van der Waals surface area contributed by atoms with Crippen LogP contribution in [0.15, 0.2) is 0 Å². The molecule has 2 N–H and O–H groups in total. The predicted molar refractivity (Wildman–Crippen MR) is 78.7 cm³/mol. The molecular weight excluding hydrogens is 276 g/mol.